The first-order valence-corrected chi connectivity index (χ1v) is 9.84. The van der Waals surface area contributed by atoms with Crippen molar-refractivity contribution in [1.82, 2.24) is 20.3 Å². The fourth-order valence-electron chi connectivity index (χ4n) is 2.39. The van der Waals surface area contributed by atoms with E-state index in [4.69, 9.17) is 0 Å². The molecule has 0 aliphatic heterocycles. The zero-order valence-corrected chi connectivity index (χ0v) is 18.0. The molecule has 2 aromatic heterocycles. The lowest BCUT2D eigenvalue weighted by molar-refractivity contribution is -0.385. The number of fused-ring (bicyclic) bond motifs is 1. The molecular formula is C17H10Br2N8O3. The smallest absolute Gasteiger partial charge is 0.284 e. The van der Waals surface area contributed by atoms with Gasteiger partial charge in [0.05, 0.1) is 15.6 Å². The SMILES string of the molecule is O=[N+]([O-])c1cc(/C=N/Nc2nc3nonc3nc2Nc2ccc(Br)cc2)ccc1Br. The van der Waals surface area contributed by atoms with Crippen molar-refractivity contribution >= 4 is 72.4 Å². The predicted octanol–water partition coefficient (Wildman–Crippen LogP) is 4.64. The summed E-state index contributed by atoms with van der Waals surface area (Å²) in [5.41, 5.74) is 4.43. The lowest BCUT2D eigenvalue weighted by Crippen LogP contribution is -2.03. The fraction of sp³-hybridized carbons (Fsp3) is 0. The molecule has 30 heavy (non-hydrogen) atoms. The number of hydrogen-bond donors (Lipinski definition) is 2. The van der Waals surface area contributed by atoms with Crippen molar-refractivity contribution in [3.63, 3.8) is 0 Å². The average molecular weight is 534 g/mol. The van der Waals surface area contributed by atoms with E-state index in [1.165, 1.54) is 12.3 Å². The summed E-state index contributed by atoms with van der Waals surface area (Å²) in [7, 11) is 0. The van der Waals surface area contributed by atoms with Gasteiger partial charge in [-0.25, -0.2) is 9.61 Å². The second-order valence-corrected chi connectivity index (χ2v) is 7.57. The van der Waals surface area contributed by atoms with Crippen molar-refractivity contribution in [2.24, 2.45) is 5.10 Å². The minimum atomic E-state index is -0.480. The minimum absolute atomic E-state index is 0.0635. The van der Waals surface area contributed by atoms with Gasteiger partial charge in [-0.1, -0.05) is 22.0 Å². The van der Waals surface area contributed by atoms with Gasteiger partial charge in [0.25, 0.3) is 5.69 Å². The summed E-state index contributed by atoms with van der Waals surface area (Å²) in [5, 5.41) is 25.7. The molecule has 0 aliphatic carbocycles. The van der Waals surface area contributed by atoms with Crippen LogP contribution in [-0.2, 0) is 0 Å². The molecule has 0 atom stereocenters. The van der Waals surface area contributed by atoms with Gasteiger partial charge in [0.15, 0.2) is 11.6 Å². The summed E-state index contributed by atoms with van der Waals surface area (Å²) in [6.45, 7) is 0. The monoisotopic (exact) mass is 532 g/mol. The second-order valence-electron chi connectivity index (χ2n) is 5.80. The molecule has 0 saturated carbocycles. The third-order valence-corrected chi connectivity index (χ3v) is 4.97. The van der Waals surface area contributed by atoms with E-state index in [1.807, 2.05) is 24.3 Å². The van der Waals surface area contributed by atoms with Crippen LogP contribution in [0.5, 0.6) is 0 Å². The molecule has 0 radical (unpaired) electrons. The molecule has 150 valence electrons. The van der Waals surface area contributed by atoms with Crippen LogP contribution in [0.3, 0.4) is 0 Å². The van der Waals surface area contributed by atoms with Gasteiger partial charge in [-0.05, 0) is 56.6 Å². The minimum Gasteiger partial charge on any atom is -0.337 e. The normalized spacial score (nSPS) is 11.1. The molecule has 0 bridgehead atoms. The number of hydrogen-bond acceptors (Lipinski definition) is 10. The molecule has 2 N–H and O–H groups in total. The van der Waals surface area contributed by atoms with E-state index in [9.17, 15) is 10.1 Å². The highest BCUT2D eigenvalue weighted by atomic mass is 79.9. The summed E-state index contributed by atoms with van der Waals surface area (Å²) in [4.78, 5) is 19.2. The number of benzene rings is 2. The van der Waals surface area contributed by atoms with Crippen LogP contribution in [-0.4, -0.2) is 31.4 Å². The van der Waals surface area contributed by atoms with Crippen LogP contribution >= 0.6 is 31.9 Å². The van der Waals surface area contributed by atoms with Crippen molar-refractivity contribution in [2.45, 2.75) is 0 Å². The molecule has 4 rings (SSSR count). The van der Waals surface area contributed by atoms with Crippen LogP contribution in [0.1, 0.15) is 5.56 Å². The van der Waals surface area contributed by atoms with Gasteiger partial charge in [-0.3, -0.25) is 15.5 Å². The van der Waals surface area contributed by atoms with Gasteiger partial charge in [-0.2, -0.15) is 10.1 Å². The standard InChI is InChI=1S/C17H10Br2N8O3/c18-10-2-4-11(5-3-10)21-14-15(23-17-16(22-14)25-30-26-17)24-20-8-9-1-6-12(19)13(7-9)27(28)29/h1-8H,(H,21,22,25)(H,23,24,26)/b20-8+. The van der Waals surface area contributed by atoms with Gasteiger partial charge in [0.2, 0.25) is 11.3 Å². The lowest BCUT2D eigenvalue weighted by Gasteiger charge is -2.09. The molecule has 2 aromatic carbocycles. The Hall–Kier alpha value is -3.45. The molecule has 4 aromatic rings. The Kier molecular flexibility index (Phi) is 5.63. The predicted molar refractivity (Wildman–Crippen MR) is 117 cm³/mol. The van der Waals surface area contributed by atoms with Crippen LogP contribution in [0.4, 0.5) is 23.0 Å². The zero-order valence-electron chi connectivity index (χ0n) is 14.8. The van der Waals surface area contributed by atoms with Gasteiger partial charge >= 0.3 is 0 Å². The van der Waals surface area contributed by atoms with Gasteiger partial charge in [0.1, 0.15) is 0 Å². The maximum atomic E-state index is 11.1. The summed E-state index contributed by atoms with van der Waals surface area (Å²) in [5.74, 6) is 0.614. The van der Waals surface area contributed by atoms with Crippen molar-refractivity contribution in [1.29, 1.82) is 0 Å². The van der Waals surface area contributed by atoms with E-state index in [1.54, 1.807) is 12.1 Å². The highest BCUT2D eigenvalue weighted by Gasteiger charge is 2.14. The van der Waals surface area contributed by atoms with Crippen molar-refractivity contribution in [3.8, 4) is 0 Å². The van der Waals surface area contributed by atoms with Crippen molar-refractivity contribution in [3.05, 3.63) is 67.1 Å². The van der Waals surface area contributed by atoms with Crippen LogP contribution in [0, 0.1) is 10.1 Å². The first kappa shape index (κ1) is 19.8. The van der Waals surface area contributed by atoms with Crippen LogP contribution in [0.15, 0.2) is 61.1 Å². The second kappa shape index (κ2) is 8.51. The fourth-order valence-corrected chi connectivity index (χ4v) is 3.05. The van der Waals surface area contributed by atoms with Gasteiger partial charge < -0.3 is 5.32 Å². The number of aromatic nitrogens is 4. The average Bonchev–Trinajstić information content (AvgIpc) is 3.18. The highest BCUT2D eigenvalue weighted by Crippen LogP contribution is 2.26. The number of halogens is 2. The van der Waals surface area contributed by atoms with Crippen LogP contribution in [0.2, 0.25) is 0 Å². The zero-order chi connectivity index (χ0) is 21.1. The summed E-state index contributed by atoms with van der Waals surface area (Å²) < 4.78 is 5.98. The molecule has 2 heterocycles. The highest BCUT2D eigenvalue weighted by molar-refractivity contribution is 9.10. The number of nitro groups is 1. The van der Waals surface area contributed by atoms with Crippen LogP contribution in [0.25, 0.3) is 11.3 Å². The molecule has 13 heteroatoms. The molecule has 0 fully saturated rings. The number of nitrogens with one attached hydrogen (secondary N) is 2. The molecule has 11 nitrogen and oxygen atoms in total. The van der Waals surface area contributed by atoms with Crippen molar-refractivity contribution in [2.75, 3.05) is 10.7 Å². The summed E-state index contributed by atoms with van der Waals surface area (Å²) >= 11 is 6.53. The number of nitrogens with zero attached hydrogens (tertiary/aromatic N) is 6. The van der Waals surface area contributed by atoms with Gasteiger partial charge in [0, 0.05) is 21.8 Å². The Labute approximate surface area is 185 Å². The molecule has 0 unspecified atom stereocenters. The topological polar surface area (TPSA) is 144 Å². The third-order valence-electron chi connectivity index (χ3n) is 3.77. The Morgan fingerprint density at radius 1 is 1.03 bits per heavy atom. The van der Waals surface area contributed by atoms with Crippen molar-refractivity contribution < 1.29 is 9.55 Å². The Morgan fingerprint density at radius 3 is 2.43 bits per heavy atom. The van der Waals surface area contributed by atoms with E-state index in [0.29, 0.717) is 15.9 Å². The lowest BCUT2D eigenvalue weighted by atomic mass is 10.2. The first-order valence-electron chi connectivity index (χ1n) is 8.25. The molecular weight excluding hydrogens is 524 g/mol. The maximum absolute atomic E-state index is 11.1. The Morgan fingerprint density at radius 2 is 1.73 bits per heavy atom. The first-order chi connectivity index (χ1) is 14.5. The van der Waals surface area contributed by atoms with E-state index >= 15 is 0 Å². The van der Waals surface area contributed by atoms with E-state index in [-0.39, 0.29) is 22.8 Å². The quantitative estimate of drug-likeness (QED) is 0.206. The van der Waals surface area contributed by atoms with E-state index in [0.717, 1.165) is 10.2 Å². The van der Waals surface area contributed by atoms with Gasteiger partial charge in [-0.15, -0.1) is 0 Å². The Bertz CT molecular complexity index is 1260. The van der Waals surface area contributed by atoms with E-state index < -0.39 is 4.92 Å². The number of rotatable bonds is 6. The summed E-state index contributed by atoms with van der Waals surface area (Å²) in [6.07, 6.45) is 1.43. The molecule has 0 spiro atoms. The number of nitro benzene ring substituents is 1. The maximum Gasteiger partial charge on any atom is 0.284 e. The Balaban J connectivity index is 1.61. The van der Waals surface area contributed by atoms with E-state index in [2.05, 4.69) is 72.6 Å². The molecule has 0 amide bonds. The van der Waals surface area contributed by atoms with Crippen LogP contribution < -0.4 is 10.7 Å². The molecule has 0 saturated heterocycles. The third kappa shape index (κ3) is 4.41. The largest absolute Gasteiger partial charge is 0.337 e. The molecule has 0 aliphatic rings. The number of hydrazone groups is 1. The summed E-state index contributed by atoms with van der Waals surface area (Å²) in [6, 6.07) is 12.1. The number of anilines is 3.